The van der Waals surface area contributed by atoms with Crippen molar-refractivity contribution in [1.29, 1.82) is 0 Å². The molecule has 1 heterocycles. The zero-order valence-corrected chi connectivity index (χ0v) is 12.8. The zero-order valence-electron chi connectivity index (χ0n) is 12.0. The van der Waals surface area contributed by atoms with E-state index in [0.717, 1.165) is 19.3 Å². The Morgan fingerprint density at radius 2 is 2.24 bits per heavy atom. The smallest absolute Gasteiger partial charge is 0.315 e. The van der Waals surface area contributed by atoms with Crippen LogP contribution in [-0.2, 0) is 11.3 Å². The number of carbonyl (C=O) groups excluding carboxylic acids is 1. The van der Waals surface area contributed by atoms with Gasteiger partial charge in [0.2, 0.25) is 0 Å². The third-order valence-electron chi connectivity index (χ3n) is 3.51. The number of hydrogen-bond donors (Lipinski definition) is 2. The van der Waals surface area contributed by atoms with Gasteiger partial charge in [-0.1, -0.05) is 17.7 Å². The number of rotatable bonds is 4. The van der Waals surface area contributed by atoms with Gasteiger partial charge in [-0.2, -0.15) is 0 Å². The molecule has 0 spiro atoms. The summed E-state index contributed by atoms with van der Waals surface area (Å²) in [5, 5.41) is 5.71. The van der Waals surface area contributed by atoms with E-state index in [1.54, 1.807) is 12.1 Å². The number of amides is 2. The van der Waals surface area contributed by atoms with Gasteiger partial charge in [-0.15, -0.1) is 0 Å². The van der Waals surface area contributed by atoms with Gasteiger partial charge in [0.25, 0.3) is 0 Å². The van der Waals surface area contributed by atoms with Crippen molar-refractivity contribution in [2.24, 2.45) is 0 Å². The van der Waals surface area contributed by atoms with E-state index >= 15 is 0 Å². The molecule has 1 saturated heterocycles. The van der Waals surface area contributed by atoms with Crippen molar-refractivity contribution in [3.8, 4) is 0 Å². The molecule has 116 valence electrons. The lowest BCUT2D eigenvalue weighted by Gasteiger charge is -2.27. The highest BCUT2D eigenvalue weighted by atomic mass is 35.5. The number of nitrogens with one attached hydrogen (secondary N) is 2. The van der Waals surface area contributed by atoms with Gasteiger partial charge in [-0.05, 0) is 38.3 Å². The lowest BCUT2D eigenvalue weighted by Crippen LogP contribution is -2.42. The van der Waals surface area contributed by atoms with Crippen molar-refractivity contribution in [1.82, 2.24) is 10.6 Å². The normalized spacial score (nSPS) is 21.9. The van der Waals surface area contributed by atoms with Crippen LogP contribution in [0.4, 0.5) is 9.18 Å². The van der Waals surface area contributed by atoms with E-state index in [-0.39, 0.29) is 24.8 Å². The fraction of sp³-hybridized carbons (Fsp3) is 0.533. The molecule has 0 aliphatic carbocycles. The molecule has 0 aromatic heterocycles. The number of urea groups is 1. The maximum Gasteiger partial charge on any atom is 0.315 e. The van der Waals surface area contributed by atoms with Crippen molar-refractivity contribution in [3.05, 3.63) is 34.6 Å². The maximum atomic E-state index is 13.5. The maximum absolute atomic E-state index is 13.5. The molecule has 1 aliphatic rings. The predicted octanol–water partition coefficient (Wildman–Crippen LogP) is 3.24. The molecule has 6 heteroatoms. The van der Waals surface area contributed by atoms with Gasteiger partial charge in [0, 0.05) is 23.7 Å². The van der Waals surface area contributed by atoms with E-state index in [1.807, 2.05) is 6.92 Å². The first-order valence-corrected chi connectivity index (χ1v) is 7.53. The van der Waals surface area contributed by atoms with Crippen LogP contribution < -0.4 is 10.6 Å². The molecule has 2 rings (SSSR count). The fourth-order valence-corrected chi connectivity index (χ4v) is 2.52. The van der Waals surface area contributed by atoms with E-state index in [1.165, 1.54) is 6.07 Å². The van der Waals surface area contributed by atoms with Crippen molar-refractivity contribution in [2.75, 3.05) is 6.54 Å². The molecule has 2 amide bonds. The average Bonchev–Trinajstić information content (AvgIpc) is 2.44. The Hall–Kier alpha value is -1.33. The summed E-state index contributed by atoms with van der Waals surface area (Å²) >= 11 is 5.67. The van der Waals surface area contributed by atoms with Crippen LogP contribution in [0.5, 0.6) is 0 Å². The Kier molecular flexibility index (Phi) is 5.82. The van der Waals surface area contributed by atoms with E-state index in [2.05, 4.69) is 10.6 Å². The summed E-state index contributed by atoms with van der Waals surface area (Å²) in [6, 6.07) is 4.06. The molecule has 0 bridgehead atoms. The van der Waals surface area contributed by atoms with Crippen molar-refractivity contribution < 1.29 is 13.9 Å². The number of carbonyl (C=O) groups is 1. The minimum absolute atomic E-state index is 0.0618. The molecule has 2 unspecified atom stereocenters. The molecule has 4 nitrogen and oxygen atoms in total. The van der Waals surface area contributed by atoms with Crippen LogP contribution >= 0.6 is 11.6 Å². The molecular formula is C15H20ClFN2O2. The van der Waals surface area contributed by atoms with Crippen LogP contribution in [0.1, 0.15) is 31.7 Å². The zero-order chi connectivity index (χ0) is 15.2. The summed E-state index contributed by atoms with van der Waals surface area (Å²) in [5.74, 6) is -0.424. The molecule has 1 fully saturated rings. The van der Waals surface area contributed by atoms with Crippen molar-refractivity contribution in [2.45, 2.75) is 44.9 Å². The molecular weight excluding hydrogens is 295 g/mol. The number of hydrogen-bond acceptors (Lipinski definition) is 2. The van der Waals surface area contributed by atoms with Gasteiger partial charge in [0.15, 0.2) is 0 Å². The van der Waals surface area contributed by atoms with Gasteiger partial charge >= 0.3 is 6.03 Å². The Bertz CT molecular complexity index is 499. The van der Waals surface area contributed by atoms with Crippen LogP contribution in [0.15, 0.2) is 18.2 Å². The minimum atomic E-state index is -0.424. The first-order chi connectivity index (χ1) is 10.0. The van der Waals surface area contributed by atoms with Crippen LogP contribution in [0.2, 0.25) is 5.02 Å². The first-order valence-electron chi connectivity index (χ1n) is 7.15. The lowest BCUT2D eigenvalue weighted by molar-refractivity contribution is -0.0368. The molecule has 0 radical (unpaired) electrons. The molecule has 1 aromatic rings. The Morgan fingerprint density at radius 1 is 1.43 bits per heavy atom. The number of benzene rings is 1. The van der Waals surface area contributed by atoms with Gasteiger partial charge in [0.05, 0.1) is 12.2 Å². The second-order valence-electron chi connectivity index (χ2n) is 5.30. The summed E-state index contributed by atoms with van der Waals surface area (Å²) in [5.41, 5.74) is 0.400. The van der Waals surface area contributed by atoms with Gasteiger partial charge in [-0.3, -0.25) is 0 Å². The third-order valence-corrected chi connectivity index (χ3v) is 3.74. The topological polar surface area (TPSA) is 50.4 Å². The second-order valence-corrected chi connectivity index (χ2v) is 5.74. The highest BCUT2D eigenvalue weighted by Crippen LogP contribution is 2.18. The summed E-state index contributed by atoms with van der Waals surface area (Å²) in [7, 11) is 0. The molecule has 2 atom stereocenters. The summed E-state index contributed by atoms with van der Waals surface area (Å²) in [4.78, 5) is 11.7. The third kappa shape index (κ3) is 5.17. The monoisotopic (exact) mass is 314 g/mol. The van der Waals surface area contributed by atoms with Crippen molar-refractivity contribution in [3.63, 3.8) is 0 Å². The number of ether oxygens (including phenoxy) is 1. The standard InChI is InChI=1S/C15H20ClFN2O2/c1-10-3-2-4-13(21-10)9-19-15(20)18-8-11-5-6-12(16)7-14(11)17/h5-7,10,13H,2-4,8-9H2,1H3,(H2,18,19,20). The van der Waals surface area contributed by atoms with Crippen molar-refractivity contribution >= 4 is 17.6 Å². The molecule has 21 heavy (non-hydrogen) atoms. The van der Waals surface area contributed by atoms with E-state index in [4.69, 9.17) is 16.3 Å². The highest BCUT2D eigenvalue weighted by molar-refractivity contribution is 6.30. The highest BCUT2D eigenvalue weighted by Gasteiger charge is 2.19. The number of halogens is 2. The first kappa shape index (κ1) is 16.0. The molecule has 0 saturated carbocycles. The van der Waals surface area contributed by atoms with E-state index in [9.17, 15) is 9.18 Å². The van der Waals surface area contributed by atoms with Gasteiger partial charge < -0.3 is 15.4 Å². The van der Waals surface area contributed by atoms with E-state index < -0.39 is 5.82 Å². The van der Waals surface area contributed by atoms with Crippen LogP contribution in [-0.4, -0.2) is 24.8 Å². The Labute approximate surface area is 129 Å². The largest absolute Gasteiger partial charge is 0.373 e. The van der Waals surface area contributed by atoms with Gasteiger partial charge in [0.1, 0.15) is 5.82 Å². The lowest BCUT2D eigenvalue weighted by atomic mass is 10.1. The molecule has 1 aromatic carbocycles. The average molecular weight is 315 g/mol. The van der Waals surface area contributed by atoms with Crippen LogP contribution in [0.25, 0.3) is 0 Å². The predicted molar refractivity (Wildman–Crippen MR) is 79.8 cm³/mol. The van der Waals surface area contributed by atoms with Gasteiger partial charge in [-0.25, -0.2) is 9.18 Å². The molecule has 1 aliphatic heterocycles. The van der Waals surface area contributed by atoms with E-state index in [0.29, 0.717) is 17.1 Å². The fourth-order valence-electron chi connectivity index (χ4n) is 2.36. The second kappa shape index (κ2) is 7.61. The quantitative estimate of drug-likeness (QED) is 0.896. The summed E-state index contributed by atoms with van der Waals surface area (Å²) in [6.45, 7) is 2.63. The van der Waals surface area contributed by atoms with Crippen LogP contribution in [0.3, 0.4) is 0 Å². The summed E-state index contributed by atoms with van der Waals surface area (Å²) < 4.78 is 19.3. The summed E-state index contributed by atoms with van der Waals surface area (Å²) in [6.07, 6.45) is 3.45. The SMILES string of the molecule is CC1CCCC(CNC(=O)NCc2ccc(Cl)cc2F)O1. The molecule has 2 N–H and O–H groups in total. The van der Waals surface area contributed by atoms with Crippen LogP contribution in [0, 0.1) is 5.82 Å². The Morgan fingerprint density at radius 3 is 2.95 bits per heavy atom. The Balaban J connectivity index is 1.72. The minimum Gasteiger partial charge on any atom is -0.373 e.